The monoisotopic (exact) mass is 287 g/mol. The molecule has 1 saturated heterocycles. The predicted molar refractivity (Wildman–Crippen MR) is 76.4 cm³/mol. The Hall–Kier alpha value is -0.280. The first-order chi connectivity index (χ1) is 8.56. The summed E-state index contributed by atoms with van der Waals surface area (Å²) in [5.74, 6) is 0. The van der Waals surface area contributed by atoms with E-state index in [0.29, 0.717) is 22.2 Å². The summed E-state index contributed by atoms with van der Waals surface area (Å²) in [6, 6.07) is 6.59. The van der Waals surface area contributed by atoms with E-state index in [9.17, 15) is 0 Å². The van der Waals surface area contributed by atoms with Gasteiger partial charge in [0.25, 0.3) is 0 Å². The highest BCUT2D eigenvalue weighted by Crippen LogP contribution is 2.26. The van der Waals surface area contributed by atoms with E-state index >= 15 is 0 Å². The second kappa shape index (κ2) is 6.25. The molecule has 0 aromatic heterocycles. The van der Waals surface area contributed by atoms with Gasteiger partial charge in [-0.3, -0.25) is 0 Å². The van der Waals surface area contributed by atoms with E-state index in [1.807, 2.05) is 18.2 Å². The topological polar surface area (TPSA) is 21.3 Å². The molecule has 1 aromatic rings. The molecule has 4 heteroatoms. The van der Waals surface area contributed by atoms with Crippen molar-refractivity contribution in [3.8, 4) is 0 Å². The quantitative estimate of drug-likeness (QED) is 0.899. The van der Waals surface area contributed by atoms with E-state index in [-0.39, 0.29) is 6.04 Å². The lowest BCUT2D eigenvalue weighted by Crippen LogP contribution is -2.39. The first-order valence-corrected chi connectivity index (χ1v) is 7.14. The molecule has 0 radical (unpaired) electrons. The third-order valence-electron chi connectivity index (χ3n) is 3.41. The van der Waals surface area contributed by atoms with Gasteiger partial charge in [-0.15, -0.1) is 0 Å². The van der Waals surface area contributed by atoms with Crippen LogP contribution in [0.5, 0.6) is 0 Å². The van der Waals surface area contributed by atoms with Crippen molar-refractivity contribution in [2.75, 3.05) is 6.61 Å². The van der Waals surface area contributed by atoms with Crippen LogP contribution in [-0.2, 0) is 4.74 Å². The van der Waals surface area contributed by atoms with Crippen LogP contribution in [-0.4, -0.2) is 18.8 Å². The molecule has 1 heterocycles. The maximum Gasteiger partial charge on any atom is 0.0595 e. The number of benzene rings is 1. The van der Waals surface area contributed by atoms with Gasteiger partial charge in [-0.1, -0.05) is 29.3 Å². The minimum absolute atomic E-state index is 0.273. The van der Waals surface area contributed by atoms with Crippen molar-refractivity contribution in [2.45, 2.75) is 44.9 Å². The van der Waals surface area contributed by atoms with Gasteiger partial charge < -0.3 is 10.1 Å². The van der Waals surface area contributed by atoms with E-state index in [4.69, 9.17) is 27.9 Å². The normalized spacial score (nSPS) is 26.0. The fourth-order valence-corrected chi connectivity index (χ4v) is 2.69. The van der Waals surface area contributed by atoms with Crippen LogP contribution in [0.4, 0.5) is 0 Å². The standard InChI is InChI=1S/C14H19Cl2NO/c1-9-7-12(5-6-18-9)17-10(2)11-3-4-13(15)14(16)8-11/h3-4,8-10,12,17H,5-7H2,1-2H3. The van der Waals surface area contributed by atoms with Crippen LogP contribution < -0.4 is 5.32 Å². The second-order valence-electron chi connectivity index (χ2n) is 4.96. The van der Waals surface area contributed by atoms with Gasteiger partial charge in [0.2, 0.25) is 0 Å². The summed E-state index contributed by atoms with van der Waals surface area (Å²) < 4.78 is 5.55. The minimum atomic E-state index is 0.273. The molecule has 2 nitrogen and oxygen atoms in total. The second-order valence-corrected chi connectivity index (χ2v) is 5.78. The fourth-order valence-electron chi connectivity index (χ4n) is 2.38. The Morgan fingerprint density at radius 1 is 1.33 bits per heavy atom. The highest BCUT2D eigenvalue weighted by molar-refractivity contribution is 6.42. The third kappa shape index (κ3) is 3.61. The molecular formula is C14H19Cl2NO. The smallest absolute Gasteiger partial charge is 0.0595 e. The summed E-state index contributed by atoms with van der Waals surface area (Å²) in [5, 5.41) is 4.85. The van der Waals surface area contributed by atoms with Crippen molar-refractivity contribution in [3.63, 3.8) is 0 Å². The lowest BCUT2D eigenvalue weighted by atomic mass is 10.0. The van der Waals surface area contributed by atoms with Gasteiger partial charge in [0, 0.05) is 18.7 Å². The van der Waals surface area contributed by atoms with E-state index < -0.39 is 0 Å². The number of nitrogens with one attached hydrogen (secondary N) is 1. The van der Waals surface area contributed by atoms with Crippen LogP contribution in [0, 0.1) is 0 Å². The molecule has 0 bridgehead atoms. The van der Waals surface area contributed by atoms with Crippen molar-refractivity contribution in [1.29, 1.82) is 0 Å². The summed E-state index contributed by atoms with van der Waals surface area (Å²) >= 11 is 12.0. The number of rotatable bonds is 3. The Bertz CT molecular complexity index is 411. The Morgan fingerprint density at radius 2 is 2.11 bits per heavy atom. The van der Waals surface area contributed by atoms with Gasteiger partial charge in [0.1, 0.15) is 0 Å². The molecule has 1 N–H and O–H groups in total. The number of hydrogen-bond acceptors (Lipinski definition) is 2. The van der Waals surface area contributed by atoms with Gasteiger partial charge in [0.05, 0.1) is 16.1 Å². The van der Waals surface area contributed by atoms with Gasteiger partial charge in [-0.2, -0.15) is 0 Å². The zero-order valence-electron chi connectivity index (χ0n) is 10.7. The average Bonchev–Trinajstić information content (AvgIpc) is 2.32. The number of hydrogen-bond donors (Lipinski definition) is 1. The molecule has 0 saturated carbocycles. The molecule has 18 heavy (non-hydrogen) atoms. The van der Waals surface area contributed by atoms with Gasteiger partial charge in [-0.05, 0) is 44.4 Å². The van der Waals surface area contributed by atoms with Crippen molar-refractivity contribution in [1.82, 2.24) is 5.32 Å². The van der Waals surface area contributed by atoms with Crippen LogP contribution in [0.15, 0.2) is 18.2 Å². The number of halogens is 2. The van der Waals surface area contributed by atoms with E-state index in [1.165, 1.54) is 5.56 Å². The molecule has 3 atom stereocenters. The van der Waals surface area contributed by atoms with Crippen molar-refractivity contribution in [3.05, 3.63) is 33.8 Å². The van der Waals surface area contributed by atoms with Gasteiger partial charge >= 0.3 is 0 Å². The highest BCUT2D eigenvalue weighted by atomic mass is 35.5. The zero-order chi connectivity index (χ0) is 13.1. The Balaban J connectivity index is 1.98. The SMILES string of the molecule is CC1CC(NC(C)c2ccc(Cl)c(Cl)c2)CCO1. The maximum atomic E-state index is 6.04. The zero-order valence-corrected chi connectivity index (χ0v) is 12.3. The molecule has 0 amide bonds. The van der Waals surface area contributed by atoms with Crippen LogP contribution in [0.3, 0.4) is 0 Å². The summed E-state index contributed by atoms with van der Waals surface area (Å²) in [5.41, 5.74) is 1.17. The molecule has 3 unspecified atom stereocenters. The van der Waals surface area contributed by atoms with Gasteiger partial charge in [-0.25, -0.2) is 0 Å². The van der Waals surface area contributed by atoms with E-state index in [2.05, 4.69) is 19.2 Å². The molecule has 1 fully saturated rings. The summed E-state index contributed by atoms with van der Waals surface area (Å²) in [6.07, 6.45) is 2.47. The van der Waals surface area contributed by atoms with Crippen molar-refractivity contribution in [2.24, 2.45) is 0 Å². The Labute approximate surface area is 119 Å². The lowest BCUT2D eigenvalue weighted by Gasteiger charge is -2.30. The predicted octanol–water partition coefficient (Wildman–Crippen LogP) is 4.21. The first kappa shape index (κ1) is 14.1. The summed E-state index contributed by atoms with van der Waals surface area (Å²) in [4.78, 5) is 0. The van der Waals surface area contributed by atoms with Crippen LogP contribution >= 0.6 is 23.2 Å². The lowest BCUT2D eigenvalue weighted by molar-refractivity contribution is 0.0116. The van der Waals surface area contributed by atoms with Crippen molar-refractivity contribution < 1.29 is 4.74 Å². The van der Waals surface area contributed by atoms with E-state index in [1.54, 1.807) is 0 Å². The maximum absolute atomic E-state index is 6.04. The number of ether oxygens (including phenoxy) is 1. The average molecular weight is 288 g/mol. The third-order valence-corrected chi connectivity index (χ3v) is 4.15. The van der Waals surface area contributed by atoms with Crippen LogP contribution in [0.2, 0.25) is 10.0 Å². The highest BCUT2D eigenvalue weighted by Gasteiger charge is 2.21. The fraction of sp³-hybridized carbons (Fsp3) is 0.571. The van der Waals surface area contributed by atoms with Crippen LogP contribution in [0.25, 0.3) is 0 Å². The molecule has 0 aliphatic carbocycles. The minimum Gasteiger partial charge on any atom is -0.378 e. The molecule has 2 rings (SSSR count). The molecule has 0 spiro atoms. The van der Waals surface area contributed by atoms with E-state index in [0.717, 1.165) is 19.4 Å². The molecule has 1 aromatic carbocycles. The van der Waals surface area contributed by atoms with Gasteiger partial charge in [0.15, 0.2) is 0 Å². The molecule has 1 aliphatic rings. The van der Waals surface area contributed by atoms with Crippen molar-refractivity contribution >= 4 is 23.2 Å². The molecule has 1 aliphatic heterocycles. The largest absolute Gasteiger partial charge is 0.378 e. The molecular weight excluding hydrogens is 269 g/mol. The molecule has 100 valence electrons. The first-order valence-electron chi connectivity index (χ1n) is 6.39. The Kier molecular flexibility index (Phi) is 4.91. The Morgan fingerprint density at radius 3 is 2.78 bits per heavy atom. The summed E-state index contributed by atoms with van der Waals surface area (Å²) in [6.45, 7) is 5.12. The van der Waals surface area contributed by atoms with Crippen LogP contribution in [0.1, 0.15) is 38.3 Å². The summed E-state index contributed by atoms with van der Waals surface area (Å²) in [7, 11) is 0.